The van der Waals surface area contributed by atoms with Gasteiger partial charge in [0, 0.05) is 29.6 Å². The molecule has 174 valence electrons. The van der Waals surface area contributed by atoms with Crippen molar-refractivity contribution in [3.63, 3.8) is 0 Å². The van der Waals surface area contributed by atoms with Gasteiger partial charge in [-0.2, -0.15) is 0 Å². The second-order valence-electron chi connectivity index (χ2n) is 7.43. The van der Waals surface area contributed by atoms with Crippen LogP contribution in [0.15, 0.2) is 57.4 Å². The molecule has 0 amide bonds. The number of aromatic nitrogens is 1. The number of primary sulfonamides is 1. The molecular formula is C19H22N8O4S2. The predicted octanol–water partition coefficient (Wildman–Crippen LogP) is -1.04. The first kappa shape index (κ1) is 22.9. The van der Waals surface area contributed by atoms with Gasteiger partial charge in [-0.1, -0.05) is 24.3 Å². The lowest BCUT2D eigenvalue weighted by Gasteiger charge is -2.28. The highest BCUT2D eigenvalue weighted by molar-refractivity contribution is 7.94. The van der Waals surface area contributed by atoms with Crippen molar-refractivity contribution in [2.75, 3.05) is 18.8 Å². The van der Waals surface area contributed by atoms with Crippen LogP contribution in [0.2, 0.25) is 0 Å². The summed E-state index contributed by atoms with van der Waals surface area (Å²) in [5, 5.41) is 12.0. The predicted molar refractivity (Wildman–Crippen MR) is 125 cm³/mol. The van der Waals surface area contributed by atoms with Crippen LogP contribution in [-0.4, -0.2) is 46.0 Å². The van der Waals surface area contributed by atoms with Crippen LogP contribution in [-0.2, 0) is 19.9 Å². The summed E-state index contributed by atoms with van der Waals surface area (Å²) in [4.78, 5) is 3.24. The number of hydrogen-bond donors (Lipinski definition) is 6. The molecule has 0 atom stereocenters. The molecule has 2 heterocycles. The maximum absolute atomic E-state index is 13.2. The SMILES string of the molecule is NN/N=C(\N)c1c(-c2cccc3ccc(N)nc23)ccc(S(=O)(=O)C2CNC2)c1S(N)(=O)=O. The van der Waals surface area contributed by atoms with Gasteiger partial charge in [0.1, 0.15) is 10.7 Å². The molecule has 0 aliphatic carbocycles. The lowest BCUT2D eigenvalue weighted by Crippen LogP contribution is -2.51. The van der Waals surface area contributed by atoms with Crippen LogP contribution in [0.4, 0.5) is 5.82 Å². The molecule has 2 aromatic carbocycles. The van der Waals surface area contributed by atoms with Crippen LogP contribution in [0.5, 0.6) is 0 Å². The number of benzene rings is 2. The van der Waals surface area contributed by atoms with Gasteiger partial charge in [-0.25, -0.2) is 38.3 Å². The van der Waals surface area contributed by atoms with E-state index in [9.17, 15) is 16.8 Å². The van der Waals surface area contributed by atoms with Gasteiger partial charge in [0.25, 0.3) is 0 Å². The fourth-order valence-corrected chi connectivity index (χ4v) is 6.91. The zero-order valence-electron chi connectivity index (χ0n) is 17.2. The van der Waals surface area contributed by atoms with E-state index in [4.69, 9.17) is 22.4 Å². The van der Waals surface area contributed by atoms with E-state index in [1.54, 1.807) is 30.3 Å². The van der Waals surface area contributed by atoms with E-state index in [-0.39, 0.29) is 35.9 Å². The molecule has 33 heavy (non-hydrogen) atoms. The van der Waals surface area contributed by atoms with Gasteiger partial charge in [0.2, 0.25) is 10.0 Å². The average molecular weight is 491 g/mol. The number of hydrazine groups is 1. The largest absolute Gasteiger partial charge is 0.384 e. The first-order chi connectivity index (χ1) is 15.6. The highest BCUT2D eigenvalue weighted by Crippen LogP contribution is 2.37. The van der Waals surface area contributed by atoms with Crippen molar-refractivity contribution in [2.24, 2.45) is 21.8 Å². The quantitative estimate of drug-likeness (QED) is 0.107. The molecule has 1 aliphatic rings. The van der Waals surface area contributed by atoms with Gasteiger partial charge in [0.15, 0.2) is 15.7 Å². The molecular weight excluding hydrogens is 468 g/mol. The Balaban J connectivity index is 2.15. The Morgan fingerprint density at radius 2 is 1.79 bits per heavy atom. The second kappa shape index (κ2) is 8.24. The Morgan fingerprint density at radius 3 is 2.39 bits per heavy atom. The van der Waals surface area contributed by atoms with E-state index in [1.165, 1.54) is 12.1 Å². The third-order valence-corrected chi connectivity index (χ3v) is 8.66. The van der Waals surface area contributed by atoms with E-state index in [0.29, 0.717) is 11.1 Å². The fraction of sp³-hybridized carbons (Fsp3) is 0.158. The van der Waals surface area contributed by atoms with E-state index >= 15 is 0 Å². The van der Waals surface area contributed by atoms with Crippen LogP contribution in [0.3, 0.4) is 0 Å². The summed E-state index contributed by atoms with van der Waals surface area (Å²) < 4.78 is 51.9. The number of hydrogen-bond acceptors (Lipinski definition) is 10. The minimum atomic E-state index is -4.59. The highest BCUT2D eigenvalue weighted by Gasteiger charge is 2.38. The number of amidine groups is 1. The molecule has 10 N–H and O–H groups in total. The molecule has 1 aliphatic heterocycles. The molecule has 14 heteroatoms. The summed E-state index contributed by atoms with van der Waals surface area (Å²) in [6, 6.07) is 11.2. The monoisotopic (exact) mass is 490 g/mol. The standard InChI is InChI=1S/C19H22N8O4S2/c20-15-7-4-10-2-1-3-13(17(10)25-15)12-5-6-14(32(28,29)11-8-24-9-11)18(33(23,30)31)16(12)19(21)26-27-22/h1-7,11,24,27H,8-9,22H2,(H2,20,25)(H2,21,26)(H2,23,30,31). The van der Waals surface area contributed by atoms with Gasteiger partial charge >= 0.3 is 0 Å². The van der Waals surface area contributed by atoms with Crippen molar-refractivity contribution < 1.29 is 16.8 Å². The molecule has 12 nitrogen and oxygen atoms in total. The van der Waals surface area contributed by atoms with Crippen molar-refractivity contribution in [3.8, 4) is 11.1 Å². The van der Waals surface area contributed by atoms with E-state index in [2.05, 4.69) is 15.4 Å². The molecule has 0 unspecified atom stereocenters. The van der Waals surface area contributed by atoms with Crippen LogP contribution in [0.25, 0.3) is 22.0 Å². The second-order valence-corrected chi connectivity index (χ2v) is 11.1. The number of nitrogens with two attached hydrogens (primary N) is 4. The molecule has 1 saturated heterocycles. The van der Waals surface area contributed by atoms with Crippen LogP contribution in [0.1, 0.15) is 5.56 Å². The third-order valence-electron chi connectivity index (χ3n) is 5.37. The number of fused-ring (bicyclic) bond motifs is 1. The first-order valence-corrected chi connectivity index (χ1v) is 12.7. The normalized spacial score (nSPS) is 15.4. The van der Waals surface area contributed by atoms with Gasteiger partial charge in [-0.15, -0.1) is 5.10 Å². The van der Waals surface area contributed by atoms with Gasteiger partial charge in [-0.3, -0.25) is 0 Å². The summed E-state index contributed by atoms with van der Waals surface area (Å²) in [5.41, 5.74) is 14.9. The van der Waals surface area contributed by atoms with Crippen molar-refractivity contribution >= 4 is 42.4 Å². The molecule has 0 radical (unpaired) electrons. The van der Waals surface area contributed by atoms with Crippen molar-refractivity contribution in [1.29, 1.82) is 0 Å². The number of nitrogens with zero attached hydrogens (tertiary/aromatic N) is 2. The number of sulfonamides is 1. The number of nitrogens with one attached hydrogen (secondary N) is 2. The zero-order chi connectivity index (χ0) is 24.0. The third kappa shape index (κ3) is 3.98. The Labute approximate surface area is 190 Å². The number of nitrogen functional groups attached to an aromatic ring is 1. The number of rotatable bonds is 6. The van der Waals surface area contributed by atoms with Crippen LogP contribution < -0.4 is 33.3 Å². The number of pyridine rings is 1. The number of sulfone groups is 1. The van der Waals surface area contributed by atoms with E-state index in [1.807, 2.05) is 5.53 Å². The van der Waals surface area contributed by atoms with E-state index in [0.717, 1.165) is 5.39 Å². The van der Waals surface area contributed by atoms with Gasteiger partial charge in [0.05, 0.1) is 15.7 Å². The Kier molecular flexibility index (Phi) is 5.71. The van der Waals surface area contributed by atoms with Crippen LogP contribution >= 0.6 is 0 Å². The van der Waals surface area contributed by atoms with Crippen molar-refractivity contribution in [3.05, 3.63) is 48.0 Å². The van der Waals surface area contributed by atoms with Crippen LogP contribution in [0, 0.1) is 0 Å². The van der Waals surface area contributed by atoms with E-state index < -0.39 is 34.9 Å². The van der Waals surface area contributed by atoms with Gasteiger partial charge in [-0.05, 0) is 23.8 Å². The number of hydrazone groups is 1. The highest BCUT2D eigenvalue weighted by atomic mass is 32.2. The first-order valence-electron chi connectivity index (χ1n) is 9.65. The van der Waals surface area contributed by atoms with Gasteiger partial charge < -0.3 is 16.8 Å². The molecule has 3 aromatic rings. The number of anilines is 1. The maximum atomic E-state index is 13.2. The summed E-state index contributed by atoms with van der Waals surface area (Å²) in [5.74, 6) is 5.14. The maximum Gasteiger partial charge on any atom is 0.240 e. The zero-order valence-corrected chi connectivity index (χ0v) is 18.8. The molecule has 1 aromatic heterocycles. The smallest absolute Gasteiger partial charge is 0.240 e. The Morgan fingerprint density at radius 1 is 1.06 bits per heavy atom. The summed E-state index contributed by atoms with van der Waals surface area (Å²) in [6.07, 6.45) is 0. The lowest BCUT2D eigenvalue weighted by molar-refractivity contribution is 0.493. The molecule has 0 spiro atoms. The molecule has 4 rings (SSSR count). The average Bonchev–Trinajstić information content (AvgIpc) is 2.70. The number of para-hydroxylation sites is 1. The Hall–Kier alpha value is -3.30. The topological polar surface area (TPSA) is 222 Å². The summed E-state index contributed by atoms with van der Waals surface area (Å²) >= 11 is 0. The summed E-state index contributed by atoms with van der Waals surface area (Å²) in [7, 11) is -8.65. The van der Waals surface area contributed by atoms with Crippen molar-refractivity contribution in [1.82, 2.24) is 15.8 Å². The molecule has 0 bridgehead atoms. The molecule has 0 saturated carbocycles. The fourth-order valence-electron chi connectivity index (χ4n) is 3.71. The van der Waals surface area contributed by atoms with Crippen molar-refractivity contribution in [2.45, 2.75) is 15.0 Å². The lowest BCUT2D eigenvalue weighted by atomic mass is 9.96. The minimum absolute atomic E-state index is 0.184. The molecule has 1 fully saturated rings. The summed E-state index contributed by atoms with van der Waals surface area (Å²) in [6.45, 7) is 0.369. The minimum Gasteiger partial charge on any atom is -0.384 e. The Bertz CT molecular complexity index is 1500.